The van der Waals surface area contributed by atoms with Gasteiger partial charge in [0.05, 0.1) is 23.0 Å². The summed E-state index contributed by atoms with van der Waals surface area (Å²) >= 11 is 3.11. The quantitative estimate of drug-likeness (QED) is 0.429. The van der Waals surface area contributed by atoms with Crippen LogP contribution in [0.25, 0.3) is 16.3 Å². The van der Waals surface area contributed by atoms with E-state index in [1.807, 2.05) is 60.8 Å². The molecule has 4 nitrogen and oxygen atoms in total. The lowest BCUT2D eigenvalue weighted by Crippen LogP contribution is -2.28. The molecule has 26 heavy (non-hydrogen) atoms. The Morgan fingerprint density at radius 3 is 2.88 bits per heavy atom. The van der Waals surface area contributed by atoms with E-state index in [0.29, 0.717) is 11.7 Å². The van der Waals surface area contributed by atoms with E-state index in [4.69, 9.17) is 9.40 Å². The first-order valence-corrected chi connectivity index (χ1v) is 9.82. The van der Waals surface area contributed by atoms with Gasteiger partial charge in [-0.3, -0.25) is 9.69 Å². The number of benzene rings is 1. The van der Waals surface area contributed by atoms with Crippen molar-refractivity contribution in [2.24, 2.45) is 0 Å². The zero-order valence-electron chi connectivity index (χ0n) is 14.1. The number of thiazole rings is 1. The monoisotopic (exact) mass is 380 g/mol. The average Bonchev–Trinajstić information content (AvgIpc) is 3.39. The molecule has 0 saturated carbocycles. The molecule has 0 N–H and O–H groups in total. The Morgan fingerprint density at radius 2 is 2.15 bits per heavy atom. The summed E-state index contributed by atoms with van der Waals surface area (Å²) in [7, 11) is 0. The first-order chi connectivity index (χ1) is 12.7. The number of furan rings is 1. The molecule has 0 bridgehead atoms. The van der Waals surface area contributed by atoms with E-state index in [-0.39, 0.29) is 5.91 Å². The fourth-order valence-corrected chi connectivity index (χ4v) is 4.28. The summed E-state index contributed by atoms with van der Waals surface area (Å²) < 4.78 is 6.51. The SMILES string of the molecule is Cc1cccc2sc(N(Cc3ccco3)C(=O)C=Cc3cccs3)nc12. The fraction of sp³-hybridized carbons (Fsp3) is 0.100. The van der Waals surface area contributed by atoms with Crippen LogP contribution in [0.4, 0.5) is 5.13 Å². The Bertz CT molecular complexity index is 1050. The minimum Gasteiger partial charge on any atom is -0.467 e. The van der Waals surface area contributed by atoms with Crippen LogP contribution in [0, 0.1) is 6.92 Å². The molecule has 1 amide bonds. The van der Waals surface area contributed by atoms with Gasteiger partial charge in [0.1, 0.15) is 5.76 Å². The smallest absolute Gasteiger partial charge is 0.253 e. The number of para-hydroxylation sites is 1. The Hall–Kier alpha value is -2.70. The van der Waals surface area contributed by atoms with Gasteiger partial charge in [-0.2, -0.15) is 0 Å². The van der Waals surface area contributed by atoms with Crippen molar-refractivity contribution in [1.82, 2.24) is 4.98 Å². The molecule has 0 aliphatic rings. The predicted octanol–water partition coefficient (Wildman–Crippen LogP) is 5.51. The van der Waals surface area contributed by atoms with Crippen molar-refractivity contribution < 1.29 is 9.21 Å². The zero-order chi connectivity index (χ0) is 17.9. The highest BCUT2D eigenvalue weighted by Crippen LogP contribution is 2.31. The molecule has 4 aromatic rings. The van der Waals surface area contributed by atoms with E-state index in [1.165, 1.54) is 11.3 Å². The number of hydrogen-bond donors (Lipinski definition) is 0. The lowest BCUT2D eigenvalue weighted by Gasteiger charge is -2.16. The summed E-state index contributed by atoms with van der Waals surface area (Å²) in [5.41, 5.74) is 2.04. The van der Waals surface area contributed by atoms with Gasteiger partial charge in [0.15, 0.2) is 5.13 Å². The Kier molecular flexibility index (Phi) is 4.69. The number of aryl methyl sites for hydroxylation is 1. The summed E-state index contributed by atoms with van der Waals surface area (Å²) in [6.07, 6.45) is 5.04. The van der Waals surface area contributed by atoms with Crippen molar-refractivity contribution in [1.29, 1.82) is 0 Å². The van der Waals surface area contributed by atoms with Gasteiger partial charge >= 0.3 is 0 Å². The van der Waals surface area contributed by atoms with Crippen molar-refractivity contribution in [3.8, 4) is 0 Å². The number of amides is 1. The van der Waals surface area contributed by atoms with Gasteiger partial charge in [-0.1, -0.05) is 29.5 Å². The van der Waals surface area contributed by atoms with E-state index < -0.39 is 0 Å². The predicted molar refractivity (Wildman–Crippen MR) is 108 cm³/mol. The van der Waals surface area contributed by atoms with Crippen LogP contribution < -0.4 is 4.90 Å². The summed E-state index contributed by atoms with van der Waals surface area (Å²) in [5, 5.41) is 2.66. The number of nitrogens with zero attached hydrogens (tertiary/aromatic N) is 2. The maximum atomic E-state index is 12.9. The molecular weight excluding hydrogens is 364 g/mol. The summed E-state index contributed by atoms with van der Waals surface area (Å²) in [6.45, 7) is 2.38. The number of hydrogen-bond acceptors (Lipinski definition) is 5. The summed E-state index contributed by atoms with van der Waals surface area (Å²) in [4.78, 5) is 20.3. The maximum Gasteiger partial charge on any atom is 0.253 e. The molecule has 6 heteroatoms. The number of aromatic nitrogens is 1. The van der Waals surface area contributed by atoms with E-state index in [9.17, 15) is 4.79 Å². The molecule has 1 aromatic carbocycles. The lowest BCUT2D eigenvalue weighted by molar-refractivity contribution is -0.114. The number of anilines is 1. The van der Waals surface area contributed by atoms with Gasteiger partial charge in [0.25, 0.3) is 5.91 Å². The van der Waals surface area contributed by atoms with Crippen molar-refractivity contribution >= 4 is 50.0 Å². The number of fused-ring (bicyclic) bond motifs is 1. The molecule has 0 spiro atoms. The minimum absolute atomic E-state index is 0.119. The maximum absolute atomic E-state index is 12.9. The van der Waals surface area contributed by atoms with Crippen molar-refractivity contribution in [2.75, 3.05) is 4.90 Å². The van der Waals surface area contributed by atoms with E-state index >= 15 is 0 Å². The molecule has 0 radical (unpaired) electrons. The molecule has 3 heterocycles. The molecule has 0 saturated heterocycles. The van der Waals surface area contributed by atoms with Crippen LogP contribution in [0.2, 0.25) is 0 Å². The summed E-state index contributed by atoms with van der Waals surface area (Å²) in [5.74, 6) is 0.602. The molecule has 4 rings (SSSR count). The van der Waals surface area contributed by atoms with Crippen LogP contribution in [0.1, 0.15) is 16.2 Å². The van der Waals surface area contributed by atoms with Crippen molar-refractivity contribution in [2.45, 2.75) is 13.5 Å². The molecule has 130 valence electrons. The number of carbonyl (C=O) groups is 1. The number of rotatable bonds is 5. The highest BCUT2D eigenvalue weighted by molar-refractivity contribution is 7.22. The Balaban J connectivity index is 1.69. The molecular formula is C20H16N2O2S2. The molecule has 0 unspecified atom stereocenters. The van der Waals surface area contributed by atoms with E-state index in [0.717, 1.165) is 26.4 Å². The third-order valence-electron chi connectivity index (χ3n) is 3.93. The number of thiophene rings is 1. The first-order valence-electron chi connectivity index (χ1n) is 8.12. The Morgan fingerprint density at radius 1 is 1.23 bits per heavy atom. The minimum atomic E-state index is -0.119. The third kappa shape index (κ3) is 3.47. The van der Waals surface area contributed by atoms with Gasteiger partial charge in [0.2, 0.25) is 0 Å². The first kappa shape index (κ1) is 16.8. The largest absolute Gasteiger partial charge is 0.467 e. The van der Waals surface area contributed by atoms with Gasteiger partial charge in [-0.25, -0.2) is 4.98 Å². The van der Waals surface area contributed by atoms with E-state index in [1.54, 1.807) is 28.6 Å². The normalized spacial score (nSPS) is 11.4. The second kappa shape index (κ2) is 7.27. The molecule has 0 aliphatic heterocycles. The van der Waals surface area contributed by atoms with Crippen LogP contribution in [0.5, 0.6) is 0 Å². The van der Waals surface area contributed by atoms with Crippen LogP contribution in [0.15, 0.2) is 64.6 Å². The van der Waals surface area contributed by atoms with Crippen molar-refractivity contribution in [3.63, 3.8) is 0 Å². The van der Waals surface area contributed by atoms with Gasteiger partial charge < -0.3 is 4.42 Å². The highest BCUT2D eigenvalue weighted by Gasteiger charge is 2.20. The van der Waals surface area contributed by atoms with Crippen LogP contribution in [-0.2, 0) is 11.3 Å². The fourth-order valence-electron chi connectivity index (χ4n) is 2.62. The van der Waals surface area contributed by atoms with E-state index in [2.05, 4.69) is 0 Å². The topological polar surface area (TPSA) is 46.3 Å². The molecule has 0 atom stereocenters. The van der Waals surface area contributed by atoms with Crippen LogP contribution >= 0.6 is 22.7 Å². The summed E-state index contributed by atoms with van der Waals surface area (Å²) in [6, 6.07) is 13.7. The highest BCUT2D eigenvalue weighted by atomic mass is 32.1. The van der Waals surface area contributed by atoms with Gasteiger partial charge in [-0.05, 0) is 48.2 Å². The van der Waals surface area contributed by atoms with Crippen molar-refractivity contribution in [3.05, 3.63) is 76.4 Å². The third-order valence-corrected chi connectivity index (χ3v) is 5.81. The lowest BCUT2D eigenvalue weighted by atomic mass is 10.2. The van der Waals surface area contributed by atoms with Gasteiger partial charge in [-0.15, -0.1) is 11.3 Å². The zero-order valence-corrected chi connectivity index (χ0v) is 15.7. The van der Waals surface area contributed by atoms with Crippen LogP contribution in [0.3, 0.4) is 0 Å². The molecule has 3 aromatic heterocycles. The Labute approximate surface area is 159 Å². The second-order valence-corrected chi connectivity index (χ2v) is 7.76. The number of carbonyl (C=O) groups excluding carboxylic acids is 1. The average molecular weight is 380 g/mol. The standard InChI is InChI=1S/C20H16N2O2S2/c1-14-5-2-8-17-19(14)21-20(26-17)22(13-15-6-3-11-24-15)18(23)10-9-16-7-4-12-25-16/h2-12H,13H2,1H3. The molecule has 0 aliphatic carbocycles. The van der Waals surface area contributed by atoms with Crippen LogP contribution in [-0.4, -0.2) is 10.9 Å². The second-order valence-electron chi connectivity index (χ2n) is 5.77. The van der Waals surface area contributed by atoms with Gasteiger partial charge in [0, 0.05) is 11.0 Å². The molecule has 0 fully saturated rings.